The number of aromatic hydroxyl groups is 1. The van der Waals surface area contributed by atoms with Crippen LogP contribution in [0.2, 0.25) is 0 Å². The number of carboxylic acid groups (broad SMARTS) is 1. The van der Waals surface area contributed by atoms with Gasteiger partial charge < -0.3 is 37.6 Å². The van der Waals surface area contributed by atoms with Crippen molar-refractivity contribution in [3.05, 3.63) is 29.8 Å². The number of hydrogen-bond donors (Lipinski definition) is 7. The average molecular weight is 554 g/mol. The van der Waals surface area contributed by atoms with E-state index in [-0.39, 0.29) is 24.5 Å². The van der Waals surface area contributed by atoms with Crippen molar-refractivity contribution in [3.8, 4) is 5.75 Å². The van der Waals surface area contributed by atoms with E-state index in [0.29, 0.717) is 43.5 Å². The van der Waals surface area contributed by atoms with Gasteiger partial charge in [-0.15, -0.1) is 0 Å². The molecule has 0 aromatic heterocycles. The zero-order valence-corrected chi connectivity index (χ0v) is 23.3. The highest BCUT2D eigenvalue weighted by Gasteiger charge is 2.30. The number of nitrogens with two attached hydrogens (primary N) is 2. The minimum atomic E-state index is -1.25. The third-order valence-electron chi connectivity index (χ3n) is 6.37. The molecule has 0 aliphatic heterocycles. The summed E-state index contributed by atoms with van der Waals surface area (Å²) in [5.41, 5.74) is 12.2. The molecule has 11 nitrogen and oxygen atoms in total. The number of carbonyl (C=O) groups is 4. The van der Waals surface area contributed by atoms with Gasteiger partial charge >= 0.3 is 5.97 Å². The minimum Gasteiger partial charge on any atom is -0.508 e. The Labute approximate surface area is 228 Å². The first-order chi connectivity index (χ1) is 18.0. The molecule has 9 N–H and O–H groups in total. The van der Waals surface area contributed by atoms with E-state index in [4.69, 9.17) is 11.5 Å². The van der Waals surface area contributed by atoms with Crippen LogP contribution in [0.1, 0.15) is 51.5 Å². The fourth-order valence-corrected chi connectivity index (χ4v) is 4.13. The number of thioether (sulfide) groups is 1. The number of hydrogen-bond acceptors (Lipinski definition) is 8. The summed E-state index contributed by atoms with van der Waals surface area (Å²) in [6.45, 7) is 4.18. The first kappa shape index (κ1) is 33.2. The molecule has 0 heterocycles. The number of carboxylic acids is 1. The van der Waals surface area contributed by atoms with Gasteiger partial charge in [0.1, 0.15) is 23.9 Å². The molecule has 5 atom stereocenters. The molecule has 0 aliphatic rings. The second-order valence-electron chi connectivity index (χ2n) is 9.37. The van der Waals surface area contributed by atoms with Gasteiger partial charge in [-0.25, -0.2) is 4.79 Å². The van der Waals surface area contributed by atoms with Crippen molar-refractivity contribution in [1.82, 2.24) is 16.0 Å². The number of unbranched alkanes of at least 4 members (excludes halogenated alkanes) is 1. The highest BCUT2D eigenvalue weighted by Crippen LogP contribution is 2.13. The molecular weight excluding hydrogens is 510 g/mol. The largest absolute Gasteiger partial charge is 0.508 e. The summed E-state index contributed by atoms with van der Waals surface area (Å²) in [4.78, 5) is 50.9. The van der Waals surface area contributed by atoms with Crippen molar-refractivity contribution >= 4 is 35.5 Å². The lowest BCUT2D eigenvalue weighted by Crippen LogP contribution is -2.57. The molecule has 0 saturated heterocycles. The molecule has 0 bridgehead atoms. The maximum Gasteiger partial charge on any atom is 0.326 e. The second kappa shape index (κ2) is 17.6. The van der Waals surface area contributed by atoms with Crippen LogP contribution in [0.25, 0.3) is 0 Å². The molecular formula is C26H43N5O6S. The molecule has 1 rings (SSSR count). The fraction of sp³-hybridized carbons (Fsp3) is 0.615. The van der Waals surface area contributed by atoms with E-state index >= 15 is 0 Å². The van der Waals surface area contributed by atoms with Crippen molar-refractivity contribution in [2.24, 2.45) is 17.4 Å². The Balaban J connectivity index is 3.02. The van der Waals surface area contributed by atoms with Crippen molar-refractivity contribution in [2.75, 3.05) is 18.6 Å². The molecule has 5 unspecified atom stereocenters. The van der Waals surface area contributed by atoms with Gasteiger partial charge in [0.05, 0.1) is 6.04 Å². The molecule has 0 fully saturated rings. The van der Waals surface area contributed by atoms with Gasteiger partial charge in [0.2, 0.25) is 17.7 Å². The number of carbonyl (C=O) groups excluding carboxylic acids is 3. The van der Waals surface area contributed by atoms with Gasteiger partial charge in [-0.05, 0) is 67.9 Å². The smallest absolute Gasteiger partial charge is 0.326 e. The lowest BCUT2D eigenvalue weighted by atomic mass is 9.99. The Morgan fingerprint density at radius 2 is 1.47 bits per heavy atom. The number of aliphatic carboxylic acids is 1. The van der Waals surface area contributed by atoms with E-state index in [2.05, 4.69) is 16.0 Å². The summed E-state index contributed by atoms with van der Waals surface area (Å²) in [5, 5.41) is 27.1. The third kappa shape index (κ3) is 11.7. The summed E-state index contributed by atoms with van der Waals surface area (Å²) < 4.78 is 0. The fourth-order valence-electron chi connectivity index (χ4n) is 3.66. The summed E-state index contributed by atoms with van der Waals surface area (Å²) in [6, 6.07) is 2.06. The Morgan fingerprint density at radius 3 is 2.00 bits per heavy atom. The molecule has 0 radical (unpaired) electrons. The number of nitrogens with one attached hydrogen (secondary N) is 3. The first-order valence-electron chi connectivity index (χ1n) is 12.9. The second-order valence-corrected chi connectivity index (χ2v) is 10.4. The van der Waals surface area contributed by atoms with Crippen LogP contribution >= 0.6 is 11.8 Å². The zero-order chi connectivity index (χ0) is 28.7. The number of phenols is 1. The van der Waals surface area contributed by atoms with Crippen LogP contribution in [0.5, 0.6) is 5.75 Å². The topological polar surface area (TPSA) is 197 Å². The van der Waals surface area contributed by atoms with E-state index in [1.165, 1.54) is 23.9 Å². The summed E-state index contributed by atoms with van der Waals surface area (Å²) >= 11 is 1.51. The number of rotatable bonds is 18. The van der Waals surface area contributed by atoms with Crippen molar-refractivity contribution in [3.63, 3.8) is 0 Å². The monoisotopic (exact) mass is 553 g/mol. The summed E-state index contributed by atoms with van der Waals surface area (Å²) in [5.74, 6) is -2.30. The van der Waals surface area contributed by atoms with Gasteiger partial charge in [-0.2, -0.15) is 11.8 Å². The molecule has 38 heavy (non-hydrogen) atoms. The van der Waals surface area contributed by atoms with Crippen LogP contribution < -0.4 is 27.4 Å². The van der Waals surface area contributed by atoms with Gasteiger partial charge in [-0.1, -0.05) is 32.4 Å². The van der Waals surface area contributed by atoms with E-state index in [9.17, 15) is 29.4 Å². The van der Waals surface area contributed by atoms with Crippen LogP contribution in [0.4, 0.5) is 0 Å². The first-order valence-corrected chi connectivity index (χ1v) is 14.3. The maximum atomic E-state index is 13.2. The third-order valence-corrected chi connectivity index (χ3v) is 7.02. The summed E-state index contributed by atoms with van der Waals surface area (Å²) in [7, 11) is 0. The Bertz CT molecular complexity index is 901. The average Bonchev–Trinajstić information content (AvgIpc) is 2.89. The molecule has 214 valence electrons. The lowest BCUT2D eigenvalue weighted by molar-refractivity contribution is -0.142. The SMILES string of the molecule is CCC(C)C(N)C(=O)NC(CCSC)C(=O)NC(CCCCN)C(=O)NC(Cc1ccc(O)cc1)C(=O)O. The molecule has 0 aliphatic carbocycles. The Kier molecular flexibility index (Phi) is 15.4. The normalized spacial score (nSPS) is 15.0. The standard InChI is InChI=1S/C26H43N5O6S/c1-4-16(2)22(28)25(35)30-20(12-14-38-3)24(34)29-19(7-5-6-13-27)23(33)31-21(26(36)37)15-17-8-10-18(32)11-9-17/h8-11,16,19-22,32H,4-7,12-15,27-28H2,1-3H3,(H,29,34)(H,30,35)(H,31,33)(H,36,37). The maximum absolute atomic E-state index is 13.2. The van der Waals surface area contributed by atoms with Crippen molar-refractivity contribution in [1.29, 1.82) is 0 Å². The van der Waals surface area contributed by atoms with Gasteiger partial charge in [0.15, 0.2) is 0 Å². The molecule has 0 saturated carbocycles. The molecule has 1 aromatic rings. The number of phenolic OH excluding ortho intramolecular Hbond substituents is 1. The van der Waals surface area contributed by atoms with Crippen LogP contribution in [-0.2, 0) is 25.6 Å². The van der Waals surface area contributed by atoms with Crippen LogP contribution in [-0.4, -0.2) is 76.6 Å². The van der Waals surface area contributed by atoms with Crippen LogP contribution in [0.15, 0.2) is 24.3 Å². The van der Waals surface area contributed by atoms with E-state index in [1.54, 1.807) is 12.1 Å². The molecule has 3 amide bonds. The zero-order valence-electron chi connectivity index (χ0n) is 22.4. The van der Waals surface area contributed by atoms with E-state index in [1.807, 2.05) is 20.1 Å². The van der Waals surface area contributed by atoms with Crippen LogP contribution in [0.3, 0.4) is 0 Å². The van der Waals surface area contributed by atoms with Gasteiger partial charge in [0.25, 0.3) is 0 Å². The van der Waals surface area contributed by atoms with Gasteiger partial charge in [-0.3, -0.25) is 14.4 Å². The van der Waals surface area contributed by atoms with Gasteiger partial charge in [0, 0.05) is 6.42 Å². The Morgan fingerprint density at radius 1 is 0.921 bits per heavy atom. The quantitative estimate of drug-likeness (QED) is 0.128. The predicted octanol–water partition coefficient (Wildman–Crippen LogP) is 0.729. The predicted molar refractivity (Wildman–Crippen MR) is 149 cm³/mol. The van der Waals surface area contributed by atoms with E-state index in [0.717, 1.165) is 0 Å². The number of benzene rings is 1. The van der Waals surface area contributed by atoms with Crippen molar-refractivity contribution < 1.29 is 29.4 Å². The lowest BCUT2D eigenvalue weighted by Gasteiger charge is -2.26. The van der Waals surface area contributed by atoms with Crippen molar-refractivity contribution in [2.45, 2.75) is 76.5 Å². The highest BCUT2D eigenvalue weighted by molar-refractivity contribution is 7.98. The summed E-state index contributed by atoms with van der Waals surface area (Å²) in [6.07, 6.45) is 4.30. The molecule has 0 spiro atoms. The molecule has 12 heteroatoms. The van der Waals surface area contributed by atoms with E-state index < -0.39 is 47.9 Å². The molecule has 1 aromatic carbocycles. The highest BCUT2D eigenvalue weighted by atomic mass is 32.2. The van der Waals surface area contributed by atoms with Crippen LogP contribution in [0, 0.1) is 5.92 Å². The minimum absolute atomic E-state index is 0.00920. The number of amides is 3. The Hall–Kier alpha value is -2.83.